The maximum absolute atomic E-state index is 12.8. The molecule has 1 aromatic heterocycles. The van der Waals surface area contributed by atoms with Crippen molar-refractivity contribution in [3.8, 4) is 0 Å². The maximum atomic E-state index is 12.8. The fourth-order valence-electron chi connectivity index (χ4n) is 3.59. The SMILES string of the molecule is O=C(Cc1ccccn1)Nc1c(Cc2ccccc2)cccc1Cc1ccccc1. The number of anilines is 1. The summed E-state index contributed by atoms with van der Waals surface area (Å²) in [4.78, 5) is 17.1. The van der Waals surface area contributed by atoms with Gasteiger partial charge in [0.05, 0.1) is 6.42 Å². The zero-order valence-corrected chi connectivity index (χ0v) is 16.8. The highest BCUT2D eigenvalue weighted by Gasteiger charge is 2.14. The van der Waals surface area contributed by atoms with E-state index < -0.39 is 0 Å². The number of rotatable bonds is 7. The van der Waals surface area contributed by atoms with E-state index in [0.717, 1.165) is 35.3 Å². The van der Waals surface area contributed by atoms with Crippen LogP contribution in [0.1, 0.15) is 27.9 Å². The second kappa shape index (κ2) is 9.66. The van der Waals surface area contributed by atoms with E-state index in [0.29, 0.717) is 0 Å². The average molecular weight is 393 g/mol. The van der Waals surface area contributed by atoms with Gasteiger partial charge in [-0.1, -0.05) is 84.9 Å². The third-order valence-electron chi connectivity index (χ3n) is 5.04. The minimum atomic E-state index is -0.0523. The van der Waals surface area contributed by atoms with Crippen molar-refractivity contribution in [2.24, 2.45) is 0 Å². The number of pyridine rings is 1. The lowest BCUT2D eigenvalue weighted by Crippen LogP contribution is -2.18. The highest BCUT2D eigenvalue weighted by atomic mass is 16.1. The molecule has 3 heteroatoms. The van der Waals surface area contributed by atoms with Gasteiger partial charge in [0, 0.05) is 17.6 Å². The van der Waals surface area contributed by atoms with Crippen LogP contribution in [0.4, 0.5) is 5.69 Å². The number of amides is 1. The van der Waals surface area contributed by atoms with Gasteiger partial charge in [0.1, 0.15) is 0 Å². The molecule has 1 heterocycles. The third-order valence-corrected chi connectivity index (χ3v) is 5.04. The molecule has 0 saturated heterocycles. The van der Waals surface area contributed by atoms with Crippen molar-refractivity contribution in [2.75, 3.05) is 5.32 Å². The molecule has 0 aliphatic carbocycles. The molecule has 0 aliphatic heterocycles. The number of benzene rings is 3. The van der Waals surface area contributed by atoms with Crippen LogP contribution in [0.5, 0.6) is 0 Å². The number of hydrogen-bond acceptors (Lipinski definition) is 2. The van der Waals surface area contributed by atoms with E-state index in [1.54, 1.807) is 6.20 Å². The second-order valence-corrected chi connectivity index (χ2v) is 7.32. The molecule has 4 aromatic rings. The van der Waals surface area contributed by atoms with Gasteiger partial charge in [0.25, 0.3) is 0 Å². The van der Waals surface area contributed by atoms with E-state index in [-0.39, 0.29) is 12.3 Å². The summed E-state index contributed by atoms with van der Waals surface area (Å²) in [5.74, 6) is -0.0523. The standard InChI is InChI=1S/C27H24N2O/c30-26(20-25-16-7-8-17-28-25)29-27-23(18-21-10-3-1-4-11-21)14-9-15-24(27)19-22-12-5-2-6-13-22/h1-17H,18-20H2,(H,29,30). The summed E-state index contributed by atoms with van der Waals surface area (Å²) in [5, 5.41) is 3.19. The largest absolute Gasteiger partial charge is 0.325 e. The Bertz CT molecular complexity index is 1030. The van der Waals surface area contributed by atoms with Crippen LogP contribution in [0.25, 0.3) is 0 Å². The van der Waals surface area contributed by atoms with Crippen LogP contribution in [-0.4, -0.2) is 10.9 Å². The molecule has 4 rings (SSSR count). The maximum Gasteiger partial charge on any atom is 0.230 e. The molecule has 1 amide bonds. The molecule has 0 aliphatic rings. The predicted octanol–water partition coefficient (Wildman–Crippen LogP) is 5.44. The second-order valence-electron chi connectivity index (χ2n) is 7.32. The summed E-state index contributed by atoms with van der Waals surface area (Å²) in [5.41, 5.74) is 6.34. The van der Waals surface area contributed by atoms with Crippen LogP contribution in [0.2, 0.25) is 0 Å². The summed E-state index contributed by atoms with van der Waals surface area (Å²) in [6.45, 7) is 0. The van der Waals surface area contributed by atoms with Crippen molar-refractivity contribution in [2.45, 2.75) is 19.3 Å². The van der Waals surface area contributed by atoms with Gasteiger partial charge in [-0.25, -0.2) is 0 Å². The van der Waals surface area contributed by atoms with Crippen LogP contribution < -0.4 is 5.32 Å². The Morgan fingerprint density at radius 2 is 1.23 bits per heavy atom. The lowest BCUT2D eigenvalue weighted by molar-refractivity contribution is -0.115. The monoisotopic (exact) mass is 392 g/mol. The van der Waals surface area contributed by atoms with E-state index in [1.807, 2.05) is 54.6 Å². The summed E-state index contributed by atoms with van der Waals surface area (Å²) in [7, 11) is 0. The van der Waals surface area contributed by atoms with Gasteiger partial charge >= 0.3 is 0 Å². The van der Waals surface area contributed by atoms with Crippen molar-refractivity contribution in [3.05, 3.63) is 131 Å². The molecular weight excluding hydrogens is 368 g/mol. The Morgan fingerprint density at radius 3 is 1.77 bits per heavy atom. The number of carbonyl (C=O) groups is 1. The van der Waals surface area contributed by atoms with E-state index in [1.165, 1.54) is 11.1 Å². The molecule has 148 valence electrons. The first kappa shape index (κ1) is 19.6. The van der Waals surface area contributed by atoms with Crippen molar-refractivity contribution in [1.82, 2.24) is 4.98 Å². The molecule has 3 aromatic carbocycles. The van der Waals surface area contributed by atoms with Gasteiger partial charge in [-0.3, -0.25) is 9.78 Å². The number of para-hydroxylation sites is 1. The molecule has 0 spiro atoms. The van der Waals surface area contributed by atoms with Gasteiger partial charge < -0.3 is 5.32 Å². The lowest BCUT2D eigenvalue weighted by Gasteiger charge is -2.17. The lowest BCUT2D eigenvalue weighted by atomic mass is 9.96. The third kappa shape index (κ3) is 5.21. The fraction of sp³-hybridized carbons (Fsp3) is 0.111. The number of hydrogen-bond donors (Lipinski definition) is 1. The number of nitrogens with one attached hydrogen (secondary N) is 1. The van der Waals surface area contributed by atoms with Gasteiger partial charge in [0.2, 0.25) is 5.91 Å². The van der Waals surface area contributed by atoms with Crippen molar-refractivity contribution >= 4 is 11.6 Å². The zero-order valence-electron chi connectivity index (χ0n) is 16.8. The molecular formula is C27H24N2O. The number of nitrogens with zero attached hydrogens (tertiary/aromatic N) is 1. The Hall–Kier alpha value is -3.72. The molecule has 0 radical (unpaired) electrons. The Balaban J connectivity index is 1.64. The molecule has 1 N–H and O–H groups in total. The van der Waals surface area contributed by atoms with Crippen LogP contribution in [-0.2, 0) is 24.1 Å². The Kier molecular flexibility index (Phi) is 6.31. The van der Waals surface area contributed by atoms with E-state index in [9.17, 15) is 4.79 Å². The van der Waals surface area contributed by atoms with Gasteiger partial charge in [-0.15, -0.1) is 0 Å². The van der Waals surface area contributed by atoms with Crippen LogP contribution in [0.3, 0.4) is 0 Å². The molecule has 0 bridgehead atoms. The summed E-state index contributed by atoms with van der Waals surface area (Å²) < 4.78 is 0. The highest BCUT2D eigenvalue weighted by molar-refractivity contribution is 5.93. The van der Waals surface area contributed by atoms with Crippen LogP contribution in [0.15, 0.2) is 103 Å². The number of aromatic nitrogens is 1. The zero-order chi connectivity index (χ0) is 20.6. The molecule has 0 unspecified atom stereocenters. The molecule has 30 heavy (non-hydrogen) atoms. The summed E-state index contributed by atoms with van der Waals surface area (Å²) in [6, 6.07) is 32.6. The Labute approximate surface area is 177 Å². The predicted molar refractivity (Wildman–Crippen MR) is 122 cm³/mol. The van der Waals surface area contributed by atoms with Crippen LogP contribution in [0, 0.1) is 0 Å². The van der Waals surface area contributed by atoms with E-state index in [2.05, 4.69) is 52.8 Å². The minimum Gasteiger partial charge on any atom is -0.325 e. The fourth-order valence-corrected chi connectivity index (χ4v) is 3.59. The van der Waals surface area contributed by atoms with E-state index >= 15 is 0 Å². The van der Waals surface area contributed by atoms with Crippen LogP contribution >= 0.6 is 0 Å². The quantitative estimate of drug-likeness (QED) is 0.455. The molecule has 3 nitrogen and oxygen atoms in total. The molecule has 0 saturated carbocycles. The van der Waals surface area contributed by atoms with Gasteiger partial charge in [0.15, 0.2) is 0 Å². The van der Waals surface area contributed by atoms with E-state index in [4.69, 9.17) is 0 Å². The minimum absolute atomic E-state index is 0.0523. The van der Waals surface area contributed by atoms with Crippen molar-refractivity contribution < 1.29 is 4.79 Å². The first-order chi connectivity index (χ1) is 14.8. The summed E-state index contributed by atoms with van der Waals surface area (Å²) in [6.07, 6.45) is 3.50. The van der Waals surface area contributed by atoms with Gasteiger partial charge in [-0.2, -0.15) is 0 Å². The van der Waals surface area contributed by atoms with Crippen molar-refractivity contribution in [1.29, 1.82) is 0 Å². The topological polar surface area (TPSA) is 42.0 Å². The smallest absolute Gasteiger partial charge is 0.230 e. The Morgan fingerprint density at radius 1 is 0.667 bits per heavy atom. The molecule has 0 fully saturated rings. The normalized spacial score (nSPS) is 10.5. The average Bonchev–Trinajstić information content (AvgIpc) is 2.78. The first-order valence-electron chi connectivity index (χ1n) is 10.2. The molecule has 0 atom stereocenters. The summed E-state index contributed by atoms with van der Waals surface area (Å²) >= 11 is 0. The van der Waals surface area contributed by atoms with Gasteiger partial charge in [-0.05, 0) is 47.2 Å². The highest BCUT2D eigenvalue weighted by Crippen LogP contribution is 2.26. The van der Waals surface area contributed by atoms with Crippen molar-refractivity contribution in [3.63, 3.8) is 0 Å². The number of carbonyl (C=O) groups excluding carboxylic acids is 1. The first-order valence-corrected chi connectivity index (χ1v) is 10.2.